The number of carbonyl (C=O) groups excluding carboxylic acids is 1. The summed E-state index contributed by atoms with van der Waals surface area (Å²) in [7, 11) is -4.15. The van der Waals surface area contributed by atoms with E-state index in [2.05, 4.69) is 4.28 Å². The van der Waals surface area contributed by atoms with Gasteiger partial charge in [0.15, 0.2) is 0 Å². The predicted molar refractivity (Wildman–Crippen MR) is 67.1 cm³/mol. The molecule has 0 heterocycles. The largest absolute Gasteiger partial charge is 0.398 e. The Labute approximate surface area is 110 Å². The van der Waals surface area contributed by atoms with Crippen LogP contribution in [-0.4, -0.2) is 14.3 Å². The SMILES string of the molecule is CC(C)C(=O)NOS(=O)(=O)c1ccc(Cl)cc1N. The number of amides is 1. The number of carbonyl (C=O) groups is 1. The minimum absolute atomic E-state index is 0.0544. The predicted octanol–water partition coefficient (Wildman–Crippen LogP) is 1.31. The molecule has 100 valence electrons. The minimum atomic E-state index is -4.15. The molecule has 6 nitrogen and oxygen atoms in total. The van der Waals surface area contributed by atoms with Gasteiger partial charge in [0.25, 0.3) is 0 Å². The van der Waals surface area contributed by atoms with Crippen molar-refractivity contribution >= 4 is 33.3 Å². The highest BCUT2D eigenvalue weighted by atomic mass is 35.5. The normalized spacial score (nSPS) is 11.6. The maximum atomic E-state index is 11.7. The zero-order valence-electron chi connectivity index (χ0n) is 9.81. The molecule has 0 aliphatic heterocycles. The molecular weight excluding hydrogens is 280 g/mol. The molecule has 0 saturated carbocycles. The van der Waals surface area contributed by atoms with E-state index in [9.17, 15) is 13.2 Å². The van der Waals surface area contributed by atoms with Crippen molar-refractivity contribution < 1.29 is 17.5 Å². The van der Waals surface area contributed by atoms with Crippen LogP contribution in [-0.2, 0) is 19.2 Å². The monoisotopic (exact) mass is 292 g/mol. The summed E-state index contributed by atoms with van der Waals surface area (Å²) < 4.78 is 27.9. The maximum absolute atomic E-state index is 11.7. The molecule has 0 unspecified atom stereocenters. The van der Waals surface area contributed by atoms with Crippen LogP contribution in [0, 0.1) is 5.92 Å². The molecule has 0 radical (unpaired) electrons. The highest BCUT2D eigenvalue weighted by Gasteiger charge is 2.21. The van der Waals surface area contributed by atoms with Crippen LogP contribution in [0.3, 0.4) is 0 Å². The van der Waals surface area contributed by atoms with Crippen LogP contribution in [0.2, 0.25) is 5.02 Å². The van der Waals surface area contributed by atoms with Gasteiger partial charge in [0, 0.05) is 10.9 Å². The molecule has 0 bridgehead atoms. The van der Waals surface area contributed by atoms with Gasteiger partial charge in [-0.25, -0.2) is 5.48 Å². The number of halogens is 1. The number of rotatable bonds is 4. The lowest BCUT2D eigenvalue weighted by Crippen LogP contribution is -2.30. The molecule has 0 saturated heterocycles. The van der Waals surface area contributed by atoms with Gasteiger partial charge in [-0.15, -0.1) is 4.28 Å². The fourth-order valence-corrected chi connectivity index (χ4v) is 2.05. The Morgan fingerprint density at radius 1 is 1.44 bits per heavy atom. The fraction of sp³-hybridized carbons (Fsp3) is 0.300. The van der Waals surface area contributed by atoms with Gasteiger partial charge in [-0.1, -0.05) is 25.4 Å². The first-order chi connectivity index (χ1) is 8.24. The smallest absolute Gasteiger partial charge is 0.319 e. The number of hydrogen-bond donors (Lipinski definition) is 2. The van der Waals surface area contributed by atoms with Crippen molar-refractivity contribution in [3.63, 3.8) is 0 Å². The van der Waals surface area contributed by atoms with Gasteiger partial charge in [-0.05, 0) is 18.2 Å². The van der Waals surface area contributed by atoms with E-state index in [1.165, 1.54) is 18.2 Å². The highest BCUT2D eigenvalue weighted by molar-refractivity contribution is 7.86. The topological polar surface area (TPSA) is 98.5 Å². The summed E-state index contributed by atoms with van der Waals surface area (Å²) >= 11 is 5.65. The molecule has 3 N–H and O–H groups in total. The molecule has 8 heteroatoms. The summed E-state index contributed by atoms with van der Waals surface area (Å²) in [5, 5.41) is 0.303. The summed E-state index contributed by atoms with van der Waals surface area (Å²) in [6, 6.07) is 3.84. The summed E-state index contributed by atoms with van der Waals surface area (Å²) in [6.45, 7) is 3.20. The van der Waals surface area contributed by atoms with Crippen LogP contribution in [0.4, 0.5) is 5.69 Å². The van der Waals surface area contributed by atoms with Crippen LogP contribution < -0.4 is 11.2 Å². The molecule has 1 amide bonds. The second-order valence-corrected chi connectivity index (χ2v) is 5.79. The van der Waals surface area contributed by atoms with Crippen molar-refractivity contribution in [3.8, 4) is 0 Å². The van der Waals surface area contributed by atoms with Crippen LogP contribution >= 0.6 is 11.6 Å². The van der Waals surface area contributed by atoms with E-state index >= 15 is 0 Å². The Balaban J connectivity index is 2.90. The number of nitrogens with two attached hydrogens (primary N) is 1. The van der Waals surface area contributed by atoms with Crippen molar-refractivity contribution in [1.29, 1.82) is 0 Å². The van der Waals surface area contributed by atoms with E-state index in [-0.39, 0.29) is 10.6 Å². The summed E-state index contributed by atoms with van der Waals surface area (Å²) in [5.41, 5.74) is 7.31. The van der Waals surface area contributed by atoms with Crippen molar-refractivity contribution in [2.24, 2.45) is 5.92 Å². The van der Waals surface area contributed by atoms with Crippen molar-refractivity contribution in [1.82, 2.24) is 5.48 Å². The Hall–Kier alpha value is -1.31. The van der Waals surface area contributed by atoms with E-state index in [1.54, 1.807) is 13.8 Å². The summed E-state index contributed by atoms with van der Waals surface area (Å²) in [5.74, 6) is -0.950. The quantitative estimate of drug-likeness (QED) is 0.644. The first kappa shape index (κ1) is 14.7. The summed E-state index contributed by atoms with van der Waals surface area (Å²) in [4.78, 5) is 11.0. The molecule has 0 spiro atoms. The van der Waals surface area contributed by atoms with Gasteiger partial charge in [0.2, 0.25) is 5.91 Å². The van der Waals surface area contributed by atoms with Gasteiger partial charge in [0.1, 0.15) is 4.90 Å². The van der Waals surface area contributed by atoms with Crippen molar-refractivity contribution in [2.75, 3.05) is 5.73 Å². The molecule has 0 aliphatic rings. The molecule has 1 aromatic rings. The van der Waals surface area contributed by atoms with E-state index < -0.39 is 21.9 Å². The summed E-state index contributed by atoms with van der Waals surface area (Å²) in [6.07, 6.45) is 0. The van der Waals surface area contributed by atoms with E-state index in [0.717, 1.165) is 0 Å². The number of nitrogens with one attached hydrogen (secondary N) is 1. The average Bonchev–Trinajstić information content (AvgIpc) is 2.25. The second kappa shape index (κ2) is 5.55. The van der Waals surface area contributed by atoms with Gasteiger partial charge in [-0.3, -0.25) is 4.79 Å². The van der Waals surface area contributed by atoms with Crippen LogP contribution in [0.1, 0.15) is 13.8 Å². The van der Waals surface area contributed by atoms with Gasteiger partial charge >= 0.3 is 10.1 Å². The van der Waals surface area contributed by atoms with E-state index in [4.69, 9.17) is 17.3 Å². The van der Waals surface area contributed by atoms with Crippen LogP contribution in [0.5, 0.6) is 0 Å². The zero-order chi connectivity index (χ0) is 13.9. The molecule has 1 aromatic carbocycles. The van der Waals surface area contributed by atoms with Crippen LogP contribution in [0.15, 0.2) is 23.1 Å². The number of hydroxylamine groups is 1. The molecule has 0 aromatic heterocycles. The van der Waals surface area contributed by atoms with Gasteiger partial charge < -0.3 is 5.73 Å². The lowest BCUT2D eigenvalue weighted by Gasteiger charge is -2.09. The third-order valence-electron chi connectivity index (χ3n) is 2.02. The second-order valence-electron chi connectivity index (χ2n) is 3.84. The number of benzene rings is 1. The molecule has 0 aliphatic carbocycles. The zero-order valence-corrected chi connectivity index (χ0v) is 11.4. The molecule has 18 heavy (non-hydrogen) atoms. The highest BCUT2D eigenvalue weighted by Crippen LogP contribution is 2.23. The molecule has 1 rings (SSSR count). The number of anilines is 1. The Kier molecular flexibility index (Phi) is 4.55. The Bertz CT molecular complexity index is 557. The van der Waals surface area contributed by atoms with Crippen molar-refractivity contribution in [2.45, 2.75) is 18.7 Å². The number of hydrogen-bond acceptors (Lipinski definition) is 5. The standard InChI is InChI=1S/C10H13ClN2O4S/c1-6(2)10(14)13-17-18(15,16)9-4-3-7(11)5-8(9)12/h3-6H,12H2,1-2H3,(H,13,14). The van der Waals surface area contributed by atoms with E-state index in [1.807, 2.05) is 5.48 Å². The lowest BCUT2D eigenvalue weighted by molar-refractivity contribution is -0.130. The fourth-order valence-electron chi connectivity index (χ4n) is 1.01. The van der Waals surface area contributed by atoms with Crippen molar-refractivity contribution in [3.05, 3.63) is 23.2 Å². The molecule has 0 atom stereocenters. The molecule has 0 fully saturated rings. The molecular formula is C10H13ClN2O4S. The first-order valence-electron chi connectivity index (χ1n) is 5.02. The Morgan fingerprint density at radius 2 is 2.06 bits per heavy atom. The van der Waals surface area contributed by atoms with Gasteiger partial charge in [-0.2, -0.15) is 8.42 Å². The Morgan fingerprint density at radius 3 is 2.56 bits per heavy atom. The lowest BCUT2D eigenvalue weighted by atomic mass is 10.2. The third kappa shape index (κ3) is 3.59. The minimum Gasteiger partial charge on any atom is -0.398 e. The van der Waals surface area contributed by atoms with E-state index in [0.29, 0.717) is 5.02 Å². The third-order valence-corrected chi connectivity index (χ3v) is 3.47. The number of nitrogen functional groups attached to an aromatic ring is 1. The average molecular weight is 293 g/mol. The van der Waals surface area contributed by atoms with Crippen LogP contribution in [0.25, 0.3) is 0 Å². The first-order valence-corrected chi connectivity index (χ1v) is 6.81. The van der Waals surface area contributed by atoms with Gasteiger partial charge in [0.05, 0.1) is 5.69 Å². The maximum Gasteiger partial charge on any atom is 0.319 e.